The summed E-state index contributed by atoms with van der Waals surface area (Å²) >= 11 is 0. The normalized spacial score (nSPS) is 32.0. The van der Waals surface area contributed by atoms with Crippen LogP contribution in [0, 0.1) is 5.92 Å². The zero-order valence-electron chi connectivity index (χ0n) is 12.5. The minimum Gasteiger partial charge on any atom is -0.378 e. The van der Waals surface area contributed by atoms with Gasteiger partial charge in [-0.2, -0.15) is 0 Å². The SMILES string of the molecule is CC(N)(C(=O)C1CCOC2(CCOC2)C1)c1ccccc1. The lowest BCUT2D eigenvalue weighted by Crippen LogP contribution is -2.50. The van der Waals surface area contributed by atoms with Crippen molar-refractivity contribution in [2.24, 2.45) is 11.7 Å². The largest absolute Gasteiger partial charge is 0.378 e. The van der Waals surface area contributed by atoms with Gasteiger partial charge >= 0.3 is 0 Å². The molecule has 2 heterocycles. The highest BCUT2D eigenvalue weighted by Gasteiger charge is 2.46. The first kappa shape index (κ1) is 14.7. The molecule has 3 rings (SSSR count). The molecule has 21 heavy (non-hydrogen) atoms. The average molecular weight is 289 g/mol. The molecular weight excluding hydrogens is 266 g/mol. The molecule has 0 aromatic heterocycles. The quantitative estimate of drug-likeness (QED) is 0.924. The van der Waals surface area contributed by atoms with E-state index in [1.807, 2.05) is 37.3 Å². The number of Topliss-reactive ketones (excluding diaryl/α,β-unsaturated/α-hetero) is 1. The number of rotatable bonds is 3. The lowest BCUT2D eigenvalue weighted by molar-refractivity contribution is -0.141. The van der Waals surface area contributed by atoms with Crippen molar-refractivity contribution in [3.63, 3.8) is 0 Å². The summed E-state index contributed by atoms with van der Waals surface area (Å²) in [5.41, 5.74) is 6.05. The molecule has 0 aliphatic carbocycles. The molecule has 0 radical (unpaired) electrons. The molecule has 0 bridgehead atoms. The maximum atomic E-state index is 12.9. The van der Waals surface area contributed by atoms with Crippen molar-refractivity contribution in [1.29, 1.82) is 0 Å². The van der Waals surface area contributed by atoms with E-state index in [1.54, 1.807) is 0 Å². The summed E-state index contributed by atoms with van der Waals surface area (Å²) in [6.07, 6.45) is 2.36. The summed E-state index contributed by atoms with van der Waals surface area (Å²) in [5, 5.41) is 0. The van der Waals surface area contributed by atoms with Gasteiger partial charge in [0.2, 0.25) is 0 Å². The highest BCUT2D eigenvalue weighted by Crippen LogP contribution is 2.38. The topological polar surface area (TPSA) is 61.6 Å². The Bertz CT molecular complexity index is 506. The minimum absolute atomic E-state index is 0.0457. The van der Waals surface area contributed by atoms with Crippen LogP contribution in [0.4, 0.5) is 0 Å². The predicted molar refractivity (Wildman–Crippen MR) is 79.8 cm³/mol. The lowest BCUT2D eigenvalue weighted by atomic mass is 9.75. The summed E-state index contributed by atoms with van der Waals surface area (Å²) in [7, 11) is 0. The fraction of sp³-hybridized carbons (Fsp3) is 0.588. The molecule has 1 spiro atoms. The van der Waals surface area contributed by atoms with E-state index < -0.39 is 5.54 Å². The van der Waals surface area contributed by atoms with E-state index in [9.17, 15) is 4.79 Å². The Morgan fingerprint density at radius 2 is 2.10 bits per heavy atom. The van der Waals surface area contributed by atoms with Crippen LogP contribution in [0.25, 0.3) is 0 Å². The number of carbonyl (C=O) groups excluding carboxylic acids is 1. The average Bonchev–Trinajstić information content (AvgIpc) is 2.95. The van der Waals surface area contributed by atoms with Gasteiger partial charge in [-0.1, -0.05) is 30.3 Å². The van der Waals surface area contributed by atoms with Gasteiger partial charge in [0.05, 0.1) is 17.7 Å². The maximum Gasteiger partial charge on any atom is 0.160 e. The molecule has 4 nitrogen and oxygen atoms in total. The van der Waals surface area contributed by atoms with E-state index in [0.29, 0.717) is 13.2 Å². The van der Waals surface area contributed by atoms with E-state index in [0.717, 1.165) is 31.4 Å². The number of carbonyl (C=O) groups is 1. The van der Waals surface area contributed by atoms with Gasteiger partial charge in [0, 0.05) is 25.6 Å². The van der Waals surface area contributed by atoms with E-state index in [2.05, 4.69) is 0 Å². The Balaban J connectivity index is 1.78. The monoisotopic (exact) mass is 289 g/mol. The van der Waals surface area contributed by atoms with Gasteiger partial charge in [-0.05, 0) is 25.3 Å². The van der Waals surface area contributed by atoms with Gasteiger partial charge in [0.15, 0.2) is 5.78 Å². The molecule has 1 aromatic rings. The molecule has 3 unspecified atom stereocenters. The Hall–Kier alpha value is -1.23. The van der Waals surface area contributed by atoms with Gasteiger partial charge in [-0.3, -0.25) is 4.79 Å². The third kappa shape index (κ3) is 2.76. The van der Waals surface area contributed by atoms with Gasteiger partial charge < -0.3 is 15.2 Å². The van der Waals surface area contributed by atoms with Gasteiger partial charge in [-0.25, -0.2) is 0 Å². The molecule has 2 aliphatic rings. The number of hydrogen-bond acceptors (Lipinski definition) is 4. The first-order chi connectivity index (χ1) is 10.0. The van der Waals surface area contributed by atoms with Crippen LogP contribution >= 0.6 is 0 Å². The van der Waals surface area contributed by atoms with Crippen LogP contribution in [0.5, 0.6) is 0 Å². The Kier molecular flexibility index (Phi) is 3.86. The molecule has 0 saturated carbocycles. The predicted octanol–water partition coefficient (Wildman–Crippen LogP) is 2.02. The summed E-state index contributed by atoms with van der Waals surface area (Å²) in [6.45, 7) is 3.76. The van der Waals surface area contributed by atoms with Crippen LogP contribution in [0.15, 0.2) is 30.3 Å². The second-order valence-corrected chi connectivity index (χ2v) is 6.46. The fourth-order valence-corrected chi connectivity index (χ4v) is 3.47. The van der Waals surface area contributed by atoms with Crippen molar-refractivity contribution in [1.82, 2.24) is 0 Å². The van der Waals surface area contributed by atoms with Crippen LogP contribution in [0.3, 0.4) is 0 Å². The van der Waals surface area contributed by atoms with E-state index in [-0.39, 0.29) is 17.3 Å². The third-order valence-corrected chi connectivity index (χ3v) is 4.82. The zero-order chi connectivity index (χ0) is 14.9. The van der Waals surface area contributed by atoms with Gasteiger partial charge in [-0.15, -0.1) is 0 Å². The third-order valence-electron chi connectivity index (χ3n) is 4.82. The summed E-state index contributed by atoms with van der Waals surface area (Å²) in [6, 6.07) is 9.62. The van der Waals surface area contributed by atoms with Crippen molar-refractivity contribution in [2.75, 3.05) is 19.8 Å². The molecule has 114 valence electrons. The highest BCUT2D eigenvalue weighted by atomic mass is 16.6. The zero-order valence-corrected chi connectivity index (χ0v) is 12.5. The van der Waals surface area contributed by atoms with Crippen molar-refractivity contribution >= 4 is 5.78 Å². The van der Waals surface area contributed by atoms with Gasteiger partial charge in [0.1, 0.15) is 0 Å². The summed E-state index contributed by atoms with van der Waals surface area (Å²) < 4.78 is 11.4. The molecule has 0 amide bonds. The molecule has 3 atom stereocenters. The lowest BCUT2D eigenvalue weighted by Gasteiger charge is -2.39. The van der Waals surface area contributed by atoms with E-state index >= 15 is 0 Å². The summed E-state index contributed by atoms with van der Waals surface area (Å²) in [5.74, 6) is 0.0685. The smallest absolute Gasteiger partial charge is 0.160 e. The van der Waals surface area contributed by atoms with Crippen LogP contribution in [-0.4, -0.2) is 31.2 Å². The number of nitrogens with two attached hydrogens (primary N) is 1. The Morgan fingerprint density at radius 1 is 1.33 bits per heavy atom. The first-order valence-electron chi connectivity index (χ1n) is 7.64. The maximum absolute atomic E-state index is 12.9. The minimum atomic E-state index is -0.941. The van der Waals surface area contributed by atoms with E-state index in [4.69, 9.17) is 15.2 Å². The number of ether oxygens (including phenoxy) is 2. The molecular formula is C17H23NO3. The van der Waals surface area contributed by atoms with Gasteiger partial charge in [0.25, 0.3) is 0 Å². The molecule has 2 N–H and O–H groups in total. The van der Waals surface area contributed by atoms with Crippen molar-refractivity contribution in [3.05, 3.63) is 35.9 Å². The summed E-state index contributed by atoms with van der Waals surface area (Å²) in [4.78, 5) is 12.9. The Labute approximate surface area is 125 Å². The van der Waals surface area contributed by atoms with Crippen molar-refractivity contribution in [3.8, 4) is 0 Å². The van der Waals surface area contributed by atoms with Crippen LogP contribution in [0.1, 0.15) is 31.7 Å². The molecule has 4 heteroatoms. The first-order valence-corrected chi connectivity index (χ1v) is 7.64. The fourth-order valence-electron chi connectivity index (χ4n) is 3.47. The number of ketones is 1. The standard InChI is InChI=1S/C17H23NO3/c1-16(18,14-5-3-2-4-6-14)15(19)13-7-9-21-17(11-13)8-10-20-12-17/h2-6,13H,7-12,18H2,1H3. The van der Waals surface area contributed by atoms with E-state index in [1.165, 1.54) is 0 Å². The highest BCUT2D eigenvalue weighted by molar-refractivity contribution is 5.91. The van der Waals surface area contributed by atoms with Crippen LogP contribution in [-0.2, 0) is 19.8 Å². The Morgan fingerprint density at radius 3 is 2.76 bits per heavy atom. The van der Waals surface area contributed by atoms with Crippen LogP contribution in [0.2, 0.25) is 0 Å². The molecule has 2 saturated heterocycles. The second-order valence-electron chi connectivity index (χ2n) is 6.46. The van der Waals surface area contributed by atoms with Crippen LogP contribution < -0.4 is 5.73 Å². The number of hydrogen-bond donors (Lipinski definition) is 1. The molecule has 2 aliphatic heterocycles. The van der Waals surface area contributed by atoms with Crippen molar-refractivity contribution in [2.45, 2.75) is 37.3 Å². The second kappa shape index (κ2) is 5.52. The number of benzene rings is 1. The van der Waals surface area contributed by atoms with Crippen molar-refractivity contribution < 1.29 is 14.3 Å². The molecule has 1 aromatic carbocycles. The molecule has 2 fully saturated rings.